The van der Waals surface area contributed by atoms with Crippen LogP contribution in [-0.4, -0.2) is 15.7 Å². The normalized spacial score (nSPS) is 22.1. The number of phenolic OH excluding ortho intramolecular Hbond substituents is 1. The molecular formula is C33H46N3O+. The fourth-order valence-corrected chi connectivity index (χ4v) is 6.39. The maximum absolute atomic E-state index is 11.9. The number of benzene rings is 2. The smallest absolute Gasteiger partial charge is 0.279 e. The number of fused-ring (bicyclic) bond motifs is 3. The molecule has 0 spiro atoms. The second-order valence-electron chi connectivity index (χ2n) is 13.6. The Labute approximate surface area is 223 Å². The molecule has 1 aromatic heterocycles. The molecule has 0 radical (unpaired) electrons. The van der Waals surface area contributed by atoms with Gasteiger partial charge in [0.2, 0.25) is 0 Å². The van der Waals surface area contributed by atoms with Gasteiger partial charge in [-0.1, -0.05) is 84.4 Å². The number of nitrogens with one attached hydrogen (secondary N) is 1. The molecule has 2 heterocycles. The Hall–Kier alpha value is -2.59. The summed E-state index contributed by atoms with van der Waals surface area (Å²) in [7, 11) is 0. The maximum Gasteiger partial charge on any atom is 0.279 e. The van der Waals surface area contributed by atoms with Crippen molar-refractivity contribution in [3.63, 3.8) is 0 Å². The Balaban J connectivity index is 1.81. The number of hydrogen-bond donors (Lipinski definition) is 2. The number of imidazole rings is 1. The summed E-state index contributed by atoms with van der Waals surface area (Å²) in [6.45, 7) is 18.0. The Morgan fingerprint density at radius 1 is 0.946 bits per heavy atom. The second-order valence-corrected chi connectivity index (χ2v) is 13.6. The Morgan fingerprint density at radius 3 is 2.24 bits per heavy atom. The van der Waals surface area contributed by atoms with Crippen molar-refractivity contribution in [2.75, 3.05) is 0 Å². The van der Waals surface area contributed by atoms with Crippen LogP contribution in [0.25, 0.3) is 11.3 Å². The molecule has 0 saturated heterocycles. The maximum atomic E-state index is 11.9. The van der Waals surface area contributed by atoms with Gasteiger partial charge in [0.15, 0.2) is 5.69 Å². The molecule has 1 aliphatic carbocycles. The van der Waals surface area contributed by atoms with Gasteiger partial charge in [-0.15, -0.1) is 0 Å². The number of aromatic nitrogens is 2. The lowest BCUT2D eigenvalue weighted by Crippen LogP contribution is -2.53. The minimum absolute atomic E-state index is 0.0182. The standard InChI is InChI=1S/C33H45N3O/c1-21(2)35-20-28(22-14-10-9-11-15-22)36-27-17-13-12-16-26(27)34-29(31(35)36)24-18-23(32(3,4)5)19-25(30(24)37)33(6,7)8/h9-11,14-15,18-21,26-27,29,34H,12-13,16-17H2,1-8H3/p+1/t26-,27-,29-/m1/s1. The summed E-state index contributed by atoms with van der Waals surface area (Å²) in [6, 6.07) is 16.4. The Kier molecular flexibility index (Phi) is 6.55. The van der Waals surface area contributed by atoms with Gasteiger partial charge in [-0.2, -0.15) is 0 Å². The van der Waals surface area contributed by atoms with Crippen molar-refractivity contribution in [1.82, 2.24) is 9.88 Å². The van der Waals surface area contributed by atoms with E-state index >= 15 is 0 Å². The van der Waals surface area contributed by atoms with Crippen LogP contribution < -0.4 is 9.88 Å². The molecule has 37 heavy (non-hydrogen) atoms. The van der Waals surface area contributed by atoms with Gasteiger partial charge in [0, 0.05) is 17.2 Å². The topological polar surface area (TPSA) is 41.1 Å². The third-order valence-corrected chi connectivity index (χ3v) is 8.48. The molecule has 0 amide bonds. The van der Waals surface area contributed by atoms with Gasteiger partial charge < -0.3 is 5.11 Å². The first-order chi connectivity index (χ1) is 17.4. The minimum atomic E-state index is -0.159. The van der Waals surface area contributed by atoms with E-state index in [1.807, 2.05) is 0 Å². The molecule has 4 heteroatoms. The van der Waals surface area contributed by atoms with E-state index in [-0.39, 0.29) is 16.9 Å². The Bertz CT molecular complexity index is 1270. The highest BCUT2D eigenvalue weighted by Gasteiger charge is 2.47. The van der Waals surface area contributed by atoms with Crippen LogP contribution in [0.3, 0.4) is 0 Å². The van der Waals surface area contributed by atoms with Gasteiger partial charge in [0.05, 0.1) is 6.04 Å². The third kappa shape index (κ3) is 4.63. The van der Waals surface area contributed by atoms with Gasteiger partial charge in [0.1, 0.15) is 24.0 Å². The van der Waals surface area contributed by atoms with Crippen LogP contribution >= 0.6 is 0 Å². The number of hydrogen-bond acceptors (Lipinski definition) is 2. The van der Waals surface area contributed by atoms with Crippen LogP contribution in [0.1, 0.15) is 122 Å². The molecule has 4 nitrogen and oxygen atoms in total. The average Bonchev–Trinajstić information content (AvgIpc) is 3.24. The highest BCUT2D eigenvalue weighted by molar-refractivity contribution is 5.60. The molecule has 1 fully saturated rings. The molecule has 2 aliphatic rings. The summed E-state index contributed by atoms with van der Waals surface area (Å²) in [5, 5.41) is 16.0. The molecule has 0 unspecified atom stereocenters. The van der Waals surface area contributed by atoms with Gasteiger partial charge in [-0.05, 0) is 61.1 Å². The van der Waals surface area contributed by atoms with E-state index in [9.17, 15) is 5.11 Å². The Morgan fingerprint density at radius 2 is 1.62 bits per heavy atom. The fraction of sp³-hybridized carbons (Fsp3) is 0.545. The van der Waals surface area contributed by atoms with Crippen LogP contribution in [0.4, 0.5) is 0 Å². The van der Waals surface area contributed by atoms with Crippen LogP contribution in [0.15, 0.2) is 48.7 Å². The first-order valence-corrected chi connectivity index (χ1v) is 14.2. The largest absolute Gasteiger partial charge is 0.507 e. The van der Waals surface area contributed by atoms with Crippen molar-refractivity contribution in [3.8, 4) is 17.0 Å². The lowest BCUT2D eigenvalue weighted by atomic mass is 9.77. The van der Waals surface area contributed by atoms with Gasteiger partial charge in [-0.25, -0.2) is 9.13 Å². The SMILES string of the molecule is CC(C)[n+]1cc(-c2ccccc2)n2c1[C@@H](c1cc(C(C)(C)C)cc(C(C)(C)C)c1O)N[C@@H]1CCCC[C@H]12. The van der Waals surface area contributed by atoms with Crippen molar-refractivity contribution in [1.29, 1.82) is 0 Å². The van der Waals surface area contributed by atoms with Crippen molar-refractivity contribution in [2.45, 2.75) is 116 Å². The lowest BCUT2D eigenvalue weighted by molar-refractivity contribution is -0.724. The van der Waals surface area contributed by atoms with E-state index in [0.717, 1.165) is 11.1 Å². The highest BCUT2D eigenvalue weighted by Crippen LogP contribution is 2.46. The lowest BCUT2D eigenvalue weighted by Gasteiger charge is -2.39. The summed E-state index contributed by atoms with van der Waals surface area (Å²) in [4.78, 5) is 0. The fourth-order valence-electron chi connectivity index (χ4n) is 6.39. The number of phenols is 1. The molecule has 3 aromatic rings. The minimum Gasteiger partial charge on any atom is -0.507 e. The molecule has 3 atom stereocenters. The molecule has 0 bridgehead atoms. The quantitative estimate of drug-likeness (QED) is 0.366. The average molecular weight is 501 g/mol. The first kappa shape index (κ1) is 26.0. The van der Waals surface area contributed by atoms with Crippen molar-refractivity contribution < 1.29 is 9.67 Å². The zero-order chi connectivity index (χ0) is 26.7. The van der Waals surface area contributed by atoms with E-state index in [1.54, 1.807) is 0 Å². The van der Waals surface area contributed by atoms with Crippen molar-refractivity contribution in [2.24, 2.45) is 0 Å². The summed E-state index contributed by atoms with van der Waals surface area (Å²) in [5.41, 5.74) is 5.68. The summed E-state index contributed by atoms with van der Waals surface area (Å²) < 4.78 is 5.09. The number of aromatic hydroxyl groups is 1. The molecular weight excluding hydrogens is 454 g/mol. The molecule has 5 rings (SSSR count). The summed E-state index contributed by atoms with van der Waals surface area (Å²) in [6.07, 6.45) is 7.23. The molecule has 198 valence electrons. The van der Waals surface area contributed by atoms with Crippen LogP contribution in [0.5, 0.6) is 5.75 Å². The van der Waals surface area contributed by atoms with E-state index in [4.69, 9.17) is 0 Å². The summed E-state index contributed by atoms with van der Waals surface area (Å²) >= 11 is 0. The predicted octanol–water partition coefficient (Wildman–Crippen LogP) is 7.50. The number of nitrogens with zero attached hydrogens (tertiary/aromatic N) is 2. The first-order valence-electron chi connectivity index (χ1n) is 14.2. The van der Waals surface area contributed by atoms with E-state index in [1.165, 1.54) is 48.3 Å². The van der Waals surface area contributed by atoms with Gasteiger partial charge in [0.25, 0.3) is 5.82 Å². The highest BCUT2D eigenvalue weighted by atomic mass is 16.3. The number of rotatable bonds is 3. The monoisotopic (exact) mass is 500 g/mol. The zero-order valence-electron chi connectivity index (χ0n) is 24.1. The van der Waals surface area contributed by atoms with E-state index in [2.05, 4.69) is 119 Å². The zero-order valence-corrected chi connectivity index (χ0v) is 24.1. The van der Waals surface area contributed by atoms with Crippen molar-refractivity contribution in [3.05, 3.63) is 71.2 Å². The van der Waals surface area contributed by atoms with E-state index in [0.29, 0.717) is 23.9 Å². The molecule has 1 saturated carbocycles. The second kappa shape index (κ2) is 9.31. The molecule has 2 N–H and O–H groups in total. The molecule has 2 aromatic carbocycles. The molecule has 1 aliphatic heterocycles. The van der Waals surface area contributed by atoms with Crippen LogP contribution in [0.2, 0.25) is 0 Å². The van der Waals surface area contributed by atoms with Crippen LogP contribution in [-0.2, 0) is 10.8 Å². The van der Waals surface area contributed by atoms with Crippen molar-refractivity contribution >= 4 is 0 Å². The van der Waals surface area contributed by atoms with Crippen LogP contribution in [0, 0.1) is 0 Å². The van der Waals surface area contributed by atoms with Gasteiger partial charge in [-0.3, -0.25) is 5.32 Å². The predicted molar refractivity (Wildman–Crippen MR) is 152 cm³/mol. The van der Waals surface area contributed by atoms with Gasteiger partial charge >= 0.3 is 0 Å². The summed E-state index contributed by atoms with van der Waals surface area (Å²) in [5.74, 6) is 1.70. The van der Waals surface area contributed by atoms with E-state index < -0.39 is 0 Å². The third-order valence-electron chi connectivity index (χ3n) is 8.48.